The predicted octanol–water partition coefficient (Wildman–Crippen LogP) is 2.79. The van der Waals surface area contributed by atoms with Crippen molar-refractivity contribution in [3.63, 3.8) is 0 Å². The molecule has 0 saturated carbocycles. The Bertz CT molecular complexity index is 441. The Kier molecular flexibility index (Phi) is 4.77. The number of carbonyl (C=O) groups is 1. The highest BCUT2D eigenvalue weighted by molar-refractivity contribution is 6.31. The van der Waals surface area contributed by atoms with Crippen molar-refractivity contribution >= 4 is 17.5 Å². The summed E-state index contributed by atoms with van der Waals surface area (Å²) in [6.45, 7) is 7.62. The van der Waals surface area contributed by atoms with E-state index in [2.05, 4.69) is 5.32 Å². The van der Waals surface area contributed by atoms with Crippen LogP contribution in [0, 0.1) is 12.8 Å². The molecule has 18 heavy (non-hydrogen) atoms. The fourth-order valence-electron chi connectivity index (χ4n) is 1.35. The van der Waals surface area contributed by atoms with E-state index >= 15 is 0 Å². The van der Waals surface area contributed by atoms with E-state index in [9.17, 15) is 9.90 Å². The molecule has 4 heteroatoms. The van der Waals surface area contributed by atoms with E-state index < -0.39 is 5.60 Å². The summed E-state index contributed by atoms with van der Waals surface area (Å²) in [6, 6.07) is 5.11. The van der Waals surface area contributed by atoms with Crippen LogP contribution < -0.4 is 5.32 Å². The standard InChI is InChI=1S/C14H20ClNO2/c1-9(2)14(4,18)8-16-13(17)11-5-6-12(15)10(3)7-11/h5-7,9,18H,8H2,1-4H3,(H,16,17). The number of halogens is 1. The molecule has 1 unspecified atom stereocenters. The van der Waals surface area contributed by atoms with Crippen LogP contribution in [0.5, 0.6) is 0 Å². The van der Waals surface area contributed by atoms with Gasteiger partial charge in [-0.25, -0.2) is 0 Å². The third-order valence-electron chi connectivity index (χ3n) is 3.27. The Balaban J connectivity index is 2.69. The minimum Gasteiger partial charge on any atom is -0.388 e. The molecule has 0 bridgehead atoms. The van der Waals surface area contributed by atoms with Gasteiger partial charge in [-0.2, -0.15) is 0 Å². The van der Waals surface area contributed by atoms with Gasteiger partial charge in [-0.1, -0.05) is 25.4 Å². The van der Waals surface area contributed by atoms with Crippen LogP contribution in [0.3, 0.4) is 0 Å². The average Bonchev–Trinajstić information content (AvgIpc) is 2.29. The van der Waals surface area contributed by atoms with Gasteiger partial charge in [0.15, 0.2) is 0 Å². The number of hydrogen-bond donors (Lipinski definition) is 2. The molecule has 3 nitrogen and oxygen atoms in total. The largest absolute Gasteiger partial charge is 0.388 e. The van der Waals surface area contributed by atoms with Crippen molar-refractivity contribution in [1.29, 1.82) is 0 Å². The molecule has 0 aliphatic carbocycles. The van der Waals surface area contributed by atoms with E-state index in [0.29, 0.717) is 10.6 Å². The van der Waals surface area contributed by atoms with Crippen molar-refractivity contribution in [1.82, 2.24) is 5.32 Å². The van der Waals surface area contributed by atoms with Gasteiger partial charge < -0.3 is 10.4 Å². The fourth-order valence-corrected chi connectivity index (χ4v) is 1.47. The summed E-state index contributed by atoms with van der Waals surface area (Å²) in [5.74, 6) is -0.125. The Morgan fingerprint density at radius 2 is 2.11 bits per heavy atom. The van der Waals surface area contributed by atoms with Crippen LogP contribution in [0.15, 0.2) is 18.2 Å². The van der Waals surface area contributed by atoms with E-state index in [0.717, 1.165) is 5.56 Å². The van der Waals surface area contributed by atoms with Gasteiger partial charge in [0.1, 0.15) is 0 Å². The van der Waals surface area contributed by atoms with E-state index in [1.165, 1.54) is 0 Å². The van der Waals surface area contributed by atoms with Gasteiger partial charge in [0.05, 0.1) is 5.60 Å². The summed E-state index contributed by atoms with van der Waals surface area (Å²) < 4.78 is 0. The van der Waals surface area contributed by atoms with Crippen LogP contribution in [-0.2, 0) is 0 Å². The van der Waals surface area contributed by atoms with Gasteiger partial charge in [0.2, 0.25) is 0 Å². The smallest absolute Gasteiger partial charge is 0.251 e. The van der Waals surface area contributed by atoms with Crippen LogP contribution in [0.1, 0.15) is 36.7 Å². The molecular formula is C14H20ClNO2. The maximum absolute atomic E-state index is 11.9. The molecule has 0 aliphatic rings. The molecule has 1 rings (SSSR count). The summed E-state index contributed by atoms with van der Waals surface area (Å²) in [6.07, 6.45) is 0. The minimum absolute atomic E-state index is 0.0738. The zero-order valence-electron chi connectivity index (χ0n) is 11.2. The van der Waals surface area contributed by atoms with Crippen molar-refractivity contribution in [2.45, 2.75) is 33.3 Å². The Labute approximate surface area is 113 Å². The quantitative estimate of drug-likeness (QED) is 0.883. The first-order chi connectivity index (χ1) is 8.24. The van der Waals surface area contributed by atoms with Crippen molar-refractivity contribution < 1.29 is 9.90 Å². The lowest BCUT2D eigenvalue weighted by Crippen LogP contribution is -2.44. The summed E-state index contributed by atoms with van der Waals surface area (Å²) in [5, 5.41) is 13.4. The Hall–Kier alpha value is -1.06. The molecule has 0 saturated heterocycles. The summed E-state index contributed by atoms with van der Waals surface area (Å²) in [4.78, 5) is 11.9. The molecule has 1 atom stereocenters. The zero-order valence-corrected chi connectivity index (χ0v) is 12.0. The zero-order chi connectivity index (χ0) is 13.9. The van der Waals surface area contributed by atoms with Crippen LogP contribution in [0.4, 0.5) is 0 Å². The molecule has 1 aromatic rings. The van der Waals surface area contributed by atoms with E-state index in [-0.39, 0.29) is 18.4 Å². The predicted molar refractivity (Wildman–Crippen MR) is 74.0 cm³/mol. The number of aliphatic hydroxyl groups is 1. The average molecular weight is 270 g/mol. The molecule has 2 N–H and O–H groups in total. The third-order valence-corrected chi connectivity index (χ3v) is 3.69. The first kappa shape index (κ1) is 15.0. The van der Waals surface area contributed by atoms with E-state index in [1.54, 1.807) is 25.1 Å². The first-order valence-corrected chi connectivity index (χ1v) is 6.38. The number of nitrogens with one attached hydrogen (secondary N) is 1. The van der Waals surface area contributed by atoms with Crippen molar-refractivity contribution in [3.8, 4) is 0 Å². The number of rotatable bonds is 4. The van der Waals surface area contributed by atoms with Gasteiger partial charge in [-0.15, -0.1) is 0 Å². The van der Waals surface area contributed by atoms with Gasteiger partial charge in [0.25, 0.3) is 5.91 Å². The molecule has 0 radical (unpaired) electrons. The second kappa shape index (κ2) is 5.72. The molecule has 0 heterocycles. The maximum atomic E-state index is 11.9. The van der Waals surface area contributed by atoms with Gasteiger partial charge in [0, 0.05) is 17.1 Å². The molecule has 1 aromatic carbocycles. The highest BCUT2D eigenvalue weighted by Gasteiger charge is 2.25. The maximum Gasteiger partial charge on any atom is 0.251 e. The van der Waals surface area contributed by atoms with Crippen molar-refractivity contribution in [3.05, 3.63) is 34.3 Å². The minimum atomic E-state index is -0.906. The lowest BCUT2D eigenvalue weighted by molar-refractivity contribution is 0.0142. The number of benzene rings is 1. The Morgan fingerprint density at radius 3 is 2.61 bits per heavy atom. The molecule has 100 valence electrons. The lowest BCUT2D eigenvalue weighted by atomic mass is 9.92. The topological polar surface area (TPSA) is 49.3 Å². The molecule has 0 spiro atoms. The molecular weight excluding hydrogens is 250 g/mol. The van der Waals surface area contributed by atoms with Gasteiger partial charge >= 0.3 is 0 Å². The molecule has 0 fully saturated rings. The number of amides is 1. The summed E-state index contributed by atoms with van der Waals surface area (Å²) in [5.41, 5.74) is 0.508. The number of carbonyl (C=O) groups excluding carboxylic acids is 1. The van der Waals surface area contributed by atoms with Gasteiger partial charge in [-0.3, -0.25) is 4.79 Å². The van der Waals surface area contributed by atoms with Crippen molar-refractivity contribution in [2.24, 2.45) is 5.92 Å². The second-order valence-electron chi connectivity index (χ2n) is 5.16. The highest BCUT2D eigenvalue weighted by Crippen LogP contribution is 2.17. The number of hydrogen-bond acceptors (Lipinski definition) is 2. The van der Waals surface area contributed by atoms with Crippen LogP contribution >= 0.6 is 11.6 Å². The first-order valence-electron chi connectivity index (χ1n) is 6.01. The normalized spacial score (nSPS) is 14.4. The van der Waals surface area contributed by atoms with Crippen molar-refractivity contribution in [2.75, 3.05) is 6.54 Å². The Morgan fingerprint density at radius 1 is 1.50 bits per heavy atom. The lowest BCUT2D eigenvalue weighted by Gasteiger charge is -2.27. The second-order valence-corrected chi connectivity index (χ2v) is 5.57. The highest BCUT2D eigenvalue weighted by atomic mass is 35.5. The molecule has 0 aromatic heterocycles. The third kappa shape index (κ3) is 3.72. The summed E-state index contributed by atoms with van der Waals surface area (Å²) >= 11 is 5.90. The fraction of sp³-hybridized carbons (Fsp3) is 0.500. The van der Waals surface area contributed by atoms with E-state index in [1.807, 2.05) is 20.8 Å². The van der Waals surface area contributed by atoms with Crippen LogP contribution in [0.25, 0.3) is 0 Å². The summed E-state index contributed by atoms with van der Waals surface area (Å²) in [7, 11) is 0. The van der Waals surface area contributed by atoms with E-state index in [4.69, 9.17) is 11.6 Å². The molecule has 0 aliphatic heterocycles. The molecule has 1 amide bonds. The van der Waals surface area contributed by atoms with Gasteiger partial charge in [-0.05, 0) is 43.5 Å². The SMILES string of the molecule is Cc1cc(C(=O)NCC(C)(O)C(C)C)ccc1Cl. The monoisotopic (exact) mass is 269 g/mol. The van der Waals surface area contributed by atoms with Crippen LogP contribution in [-0.4, -0.2) is 23.2 Å². The van der Waals surface area contributed by atoms with Crippen LogP contribution in [0.2, 0.25) is 5.02 Å². The number of aryl methyl sites for hydroxylation is 1.